The Kier molecular flexibility index (Phi) is 8.97. The van der Waals surface area contributed by atoms with E-state index in [2.05, 4.69) is 36.6 Å². The molecule has 0 bridgehead atoms. The summed E-state index contributed by atoms with van der Waals surface area (Å²) in [5.41, 5.74) is 2.17. The first-order chi connectivity index (χ1) is 16.1. The quantitative estimate of drug-likeness (QED) is 0.254. The fourth-order valence-electron chi connectivity index (χ4n) is 3.95. The van der Waals surface area contributed by atoms with E-state index in [1.54, 1.807) is 27.5 Å². The molecule has 0 radical (unpaired) electrons. The maximum Gasteiger partial charge on any atom is 0.191 e. The average Bonchev–Trinajstić information content (AvgIpc) is 3.50. The molecule has 182 valence electrons. The number of nitrogens with one attached hydrogen (secondary N) is 2. The van der Waals surface area contributed by atoms with Crippen molar-refractivity contribution in [1.82, 2.24) is 25.2 Å². The Hall–Kier alpha value is -3.02. The van der Waals surface area contributed by atoms with Crippen LogP contribution in [0.2, 0.25) is 0 Å². The normalized spacial score (nSPS) is 15.6. The van der Waals surface area contributed by atoms with Crippen LogP contribution in [0.25, 0.3) is 5.82 Å². The number of aromatic nitrogens is 3. The van der Waals surface area contributed by atoms with Crippen LogP contribution in [0.5, 0.6) is 11.5 Å². The zero-order valence-electron chi connectivity index (χ0n) is 20.0. The molecule has 0 amide bonds. The molecule has 3 aromatic rings. The second-order valence-electron chi connectivity index (χ2n) is 7.94. The van der Waals surface area contributed by atoms with Gasteiger partial charge < -0.3 is 25.0 Å². The number of nitrogens with zero attached hydrogens (tertiary/aromatic N) is 5. The number of imidazole rings is 1. The van der Waals surface area contributed by atoms with Crippen molar-refractivity contribution in [3.63, 3.8) is 0 Å². The summed E-state index contributed by atoms with van der Waals surface area (Å²) in [4.78, 5) is 15.5. The lowest BCUT2D eigenvalue weighted by Crippen LogP contribution is -2.44. The van der Waals surface area contributed by atoms with Crippen LogP contribution < -0.4 is 25.0 Å². The zero-order chi connectivity index (χ0) is 23.2. The van der Waals surface area contributed by atoms with Crippen molar-refractivity contribution in [2.24, 2.45) is 4.99 Å². The van der Waals surface area contributed by atoms with Crippen molar-refractivity contribution in [2.75, 3.05) is 39.3 Å². The van der Waals surface area contributed by atoms with Crippen molar-refractivity contribution in [3.8, 4) is 17.3 Å². The third kappa shape index (κ3) is 6.10. The van der Waals surface area contributed by atoms with E-state index in [0.717, 1.165) is 59.9 Å². The molecule has 0 saturated carbocycles. The molecule has 0 spiro atoms. The Labute approximate surface area is 217 Å². The fraction of sp³-hybridized carbons (Fsp3) is 0.375. The lowest BCUT2D eigenvalue weighted by molar-refractivity contribution is 0.394. The average molecular weight is 577 g/mol. The zero-order valence-corrected chi connectivity index (χ0v) is 22.3. The molecule has 1 fully saturated rings. The van der Waals surface area contributed by atoms with Gasteiger partial charge in [0.1, 0.15) is 23.1 Å². The molecule has 0 aliphatic carbocycles. The Morgan fingerprint density at radius 3 is 2.50 bits per heavy atom. The number of anilines is 1. The minimum absolute atomic E-state index is 0. The van der Waals surface area contributed by atoms with Gasteiger partial charge in [0.15, 0.2) is 5.96 Å². The van der Waals surface area contributed by atoms with Crippen LogP contribution in [0, 0.1) is 6.92 Å². The van der Waals surface area contributed by atoms with Crippen LogP contribution in [-0.4, -0.2) is 60.9 Å². The number of hydrogen-bond acceptors (Lipinski definition) is 6. The van der Waals surface area contributed by atoms with E-state index in [0.29, 0.717) is 6.54 Å². The number of methoxy groups -OCH3 is 2. The molecule has 3 heterocycles. The summed E-state index contributed by atoms with van der Waals surface area (Å²) < 4.78 is 12.8. The number of aryl methyl sites for hydroxylation is 1. The Bertz CT molecular complexity index is 1080. The minimum atomic E-state index is 0. The first-order valence-electron chi connectivity index (χ1n) is 11.0. The first kappa shape index (κ1) is 25.6. The summed E-state index contributed by atoms with van der Waals surface area (Å²) in [6.07, 6.45) is 6.58. The van der Waals surface area contributed by atoms with E-state index in [1.807, 2.05) is 48.1 Å². The fourth-order valence-corrected chi connectivity index (χ4v) is 3.95. The summed E-state index contributed by atoms with van der Waals surface area (Å²) in [5.74, 6) is 4.13. The van der Waals surface area contributed by atoms with E-state index in [9.17, 15) is 0 Å². The van der Waals surface area contributed by atoms with Crippen molar-refractivity contribution in [1.29, 1.82) is 0 Å². The largest absolute Gasteiger partial charge is 0.497 e. The molecule has 9 nitrogen and oxygen atoms in total. The number of halogens is 1. The van der Waals surface area contributed by atoms with Gasteiger partial charge in [-0.05, 0) is 25.0 Å². The Morgan fingerprint density at radius 1 is 1.15 bits per heavy atom. The van der Waals surface area contributed by atoms with Gasteiger partial charge in [-0.1, -0.05) is 6.07 Å². The molecule has 2 aromatic heterocycles. The molecular formula is C24H32IN7O2. The monoisotopic (exact) mass is 577 g/mol. The van der Waals surface area contributed by atoms with Gasteiger partial charge in [-0.25, -0.2) is 9.97 Å². The predicted octanol–water partition coefficient (Wildman–Crippen LogP) is 3.15. The highest BCUT2D eigenvalue weighted by Crippen LogP contribution is 2.30. The molecule has 1 atom stereocenters. The van der Waals surface area contributed by atoms with Gasteiger partial charge >= 0.3 is 0 Å². The molecule has 1 aliphatic heterocycles. The van der Waals surface area contributed by atoms with E-state index in [-0.39, 0.29) is 30.0 Å². The van der Waals surface area contributed by atoms with Crippen molar-refractivity contribution in [3.05, 3.63) is 60.3 Å². The minimum Gasteiger partial charge on any atom is -0.497 e. The highest BCUT2D eigenvalue weighted by molar-refractivity contribution is 14.0. The first-order valence-corrected chi connectivity index (χ1v) is 11.0. The Balaban J connectivity index is 0.00000324. The van der Waals surface area contributed by atoms with Crippen LogP contribution in [-0.2, 0) is 6.54 Å². The summed E-state index contributed by atoms with van der Waals surface area (Å²) in [5, 5.41) is 6.93. The SMILES string of the molecule is CN=C(NCc1ccc(-n2ccnc2C)nc1)NC1CCN(c2cc(OC)cc(OC)c2)C1.I. The smallest absolute Gasteiger partial charge is 0.191 e. The predicted molar refractivity (Wildman–Crippen MR) is 145 cm³/mol. The van der Waals surface area contributed by atoms with Gasteiger partial charge in [0.2, 0.25) is 0 Å². The third-order valence-electron chi connectivity index (χ3n) is 5.80. The van der Waals surface area contributed by atoms with Gasteiger partial charge in [0, 0.05) is 75.2 Å². The molecular weight excluding hydrogens is 545 g/mol. The molecule has 4 rings (SSSR count). The Morgan fingerprint density at radius 2 is 1.91 bits per heavy atom. The third-order valence-corrected chi connectivity index (χ3v) is 5.80. The molecule has 1 saturated heterocycles. The van der Waals surface area contributed by atoms with Gasteiger partial charge in [-0.3, -0.25) is 9.56 Å². The van der Waals surface area contributed by atoms with Crippen molar-refractivity contribution >= 4 is 35.6 Å². The maximum atomic E-state index is 5.41. The van der Waals surface area contributed by atoms with Crippen LogP contribution in [0.3, 0.4) is 0 Å². The molecule has 1 unspecified atom stereocenters. The maximum absolute atomic E-state index is 5.41. The van der Waals surface area contributed by atoms with Gasteiger partial charge in [0.05, 0.1) is 14.2 Å². The second-order valence-corrected chi connectivity index (χ2v) is 7.94. The van der Waals surface area contributed by atoms with Gasteiger partial charge in [-0.2, -0.15) is 0 Å². The number of hydrogen-bond donors (Lipinski definition) is 2. The lowest BCUT2D eigenvalue weighted by Gasteiger charge is -2.21. The standard InChI is InChI=1S/C24H31N7O2.HI/c1-17-26-8-10-31(17)23-6-5-18(14-27-23)15-28-24(25-2)29-19-7-9-30(16-19)20-11-21(32-3)13-22(12-20)33-4;/h5-6,8,10-14,19H,7,9,15-16H2,1-4H3,(H2,25,28,29);1H. The molecule has 10 heteroatoms. The van der Waals surface area contributed by atoms with Crippen LogP contribution >= 0.6 is 24.0 Å². The highest BCUT2D eigenvalue weighted by atomic mass is 127. The summed E-state index contributed by atoms with van der Waals surface area (Å²) in [6.45, 7) is 4.42. The van der Waals surface area contributed by atoms with Crippen LogP contribution in [0.4, 0.5) is 5.69 Å². The lowest BCUT2D eigenvalue weighted by atomic mass is 10.2. The second kappa shape index (κ2) is 11.9. The van der Waals surface area contributed by atoms with Crippen molar-refractivity contribution in [2.45, 2.75) is 25.9 Å². The van der Waals surface area contributed by atoms with Gasteiger partial charge in [-0.15, -0.1) is 24.0 Å². The van der Waals surface area contributed by atoms with Crippen molar-refractivity contribution < 1.29 is 9.47 Å². The number of guanidine groups is 1. The topological polar surface area (TPSA) is 88.8 Å². The van der Waals surface area contributed by atoms with Gasteiger partial charge in [0.25, 0.3) is 0 Å². The summed E-state index contributed by atoms with van der Waals surface area (Å²) >= 11 is 0. The van der Waals surface area contributed by atoms with Crippen LogP contribution in [0.15, 0.2) is 53.9 Å². The van der Waals surface area contributed by atoms with E-state index < -0.39 is 0 Å². The summed E-state index contributed by atoms with van der Waals surface area (Å²) in [6, 6.07) is 10.3. The van der Waals surface area contributed by atoms with E-state index >= 15 is 0 Å². The number of pyridine rings is 1. The number of benzene rings is 1. The number of aliphatic imine (C=N–C) groups is 1. The molecule has 1 aromatic carbocycles. The van der Waals surface area contributed by atoms with E-state index in [1.165, 1.54) is 0 Å². The highest BCUT2D eigenvalue weighted by Gasteiger charge is 2.24. The van der Waals surface area contributed by atoms with Crippen LogP contribution in [0.1, 0.15) is 17.8 Å². The number of rotatable bonds is 7. The molecule has 2 N–H and O–H groups in total. The van der Waals surface area contributed by atoms with E-state index in [4.69, 9.17) is 9.47 Å². The number of ether oxygens (including phenoxy) is 2. The molecule has 1 aliphatic rings. The summed E-state index contributed by atoms with van der Waals surface area (Å²) in [7, 11) is 5.13. The molecule has 34 heavy (non-hydrogen) atoms.